The Labute approximate surface area is 169 Å². The molecular formula is C21H20N2O5S. The van der Waals surface area contributed by atoms with Gasteiger partial charge in [0.15, 0.2) is 6.10 Å². The van der Waals surface area contributed by atoms with Gasteiger partial charge in [-0.2, -0.15) is 0 Å². The van der Waals surface area contributed by atoms with Crippen LogP contribution in [0.5, 0.6) is 17.2 Å². The Morgan fingerprint density at radius 3 is 2.00 bits per heavy atom. The summed E-state index contributed by atoms with van der Waals surface area (Å²) in [5.74, 6) is 1.51. The van der Waals surface area contributed by atoms with Crippen LogP contribution in [0.1, 0.15) is 6.92 Å². The number of primary sulfonamides is 1. The van der Waals surface area contributed by atoms with Crippen molar-refractivity contribution < 1.29 is 22.7 Å². The second-order valence-corrected chi connectivity index (χ2v) is 7.77. The van der Waals surface area contributed by atoms with E-state index in [9.17, 15) is 13.2 Å². The lowest BCUT2D eigenvalue weighted by atomic mass is 10.3. The highest BCUT2D eigenvalue weighted by molar-refractivity contribution is 7.89. The molecule has 1 unspecified atom stereocenters. The van der Waals surface area contributed by atoms with Crippen LogP contribution in [0.4, 0.5) is 5.69 Å². The molecule has 8 heteroatoms. The third-order valence-electron chi connectivity index (χ3n) is 3.94. The molecule has 3 rings (SSSR count). The molecule has 0 heterocycles. The van der Waals surface area contributed by atoms with Crippen molar-refractivity contribution in [3.8, 4) is 17.2 Å². The molecule has 3 aromatic carbocycles. The number of anilines is 1. The molecular weight excluding hydrogens is 392 g/mol. The summed E-state index contributed by atoms with van der Waals surface area (Å²) in [6.07, 6.45) is -0.770. The summed E-state index contributed by atoms with van der Waals surface area (Å²) < 4.78 is 33.9. The SMILES string of the molecule is CC(Oc1ccc(Oc2ccccc2)cc1)C(=O)Nc1ccc(S(N)(=O)=O)cc1. The maximum Gasteiger partial charge on any atom is 0.265 e. The number of para-hydroxylation sites is 1. The number of carbonyl (C=O) groups is 1. The Morgan fingerprint density at radius 2 is 1.41 bits per heavy atom. The van der Waals surface area contributed by atoms with Crippen LogP contribution in [0, 0.1) is 0 Å². The van der Waals surface area contributed by atoms with Gasteiger partial charge in [0.05, 0.1) is 4.90 Å². The molecule has 1 atom stereocenters. The van der Waals surface area contributed by atoms with E-state index >= 15 is 0 Å². The predicted molar refractivity (Wildman–Crippen MR) is 109 cm³/mol. The third kappa shape index (κ3) is 5.81. The number of ether oxygens (including phenoxy) is 2. The molecule has 0 saturated heterocycles. The maximum absolute atomic E-state index is 12.3. The molecule has 7 nitrogen and oxygen atoms in total. The van der Waals surface area contributed by atoms with Crippen molar-refractivity contribution >= 4 is 21.6 Å². The van der Waals surface area contributed by atoms with Crippen LogP contribution < -0.4 is 19.9 Å². The molecule has 3 N–H and O–H groups in total. The predicted octanol–water partition coefficient (Wildman–Crippen LogP) is 3.53. The van der Waals surface area contributed by atoms with E-state index in [0.29, 0.717) is 17.2 Å². The van der Waals surface area contributed by atoms with Gasteiger partial charge in [-0.25, -0.2) is 13.6 Å². The van der Waals surface area contributed by atoms with Gasteiger partial charge >= 0.3 is 0 Å². The molecule has 0 saturated carbocycles. The number of carbonyl (C=O) groups excluding carboxylic acids is 1. The van der Waals surface area contributed by atoms with E-state index < -0.39 is 16.1 Å². The lowest BCUT2D eigenvalue weighted by Gasteiger charge is -2.15. The number of hydrogen-bond donors (Lipinski definition) is 2. The van der Waals surface area contributed by atoms with Crippen LogP contribution in [0.15, 0.2) is 83.8 Å². The Kier molecular flexibility index (Phi) is 6.16. The minimum absolute atomic E-state index is 0.0300. The van der Waals surface area contributed by atoms with E-state index in [4.69, 9.17) is 14.6 Å². The van der Waals surface area contributed by atoms with E-state index in [2.05, 4.69) is 5.32 Å². The number of nitrogens with two attached hydrogens (primary N) is 1. The number of sulfonamides is 1. The molecule has 0 spiro atoms. The molecule has 0 aliphatic rings. The van der Waals surface area contributed by atoms with Gasteiger partial charge in [-0.3, -0.25) is 4.79 Å². The van der Waals surface area contributed by atoms with Crippen LogP contribution in [0.2, 0.25) is 0 Å². The van der Waals surface area contributed by atoms with Crippen molar-refractivity contribution in [1.82, 2.24) is 0 Å². The minimum Gasteiger partial charge on any atom is -0.481 e. The highest BCUT2D eigenvalue weighted by Crippen LogP contribution is 2.24. The van der Waals surface area contributed by atoms with Crippen LogP contribution >= 0.6 is 0 Å². The van der Waals surface area contributed by atoms with E-state index in [1.165, 1.54) is 24.3 Å². The molecule has 0 radical (unpaired) electrons. The number of rotatable bonds is 7. The third-order valence-corrected chi connectivity index (χ3v) is 4.86. The fraction of sp³-hybridized carbons (Fsp3) is 0.0952. The van der Waals surface area contributed by atoms with Gasteiger partial charge in [0.2, 0.25) is 10.0 Å². The fourth-order valence-electron chi connectivity index (χ4n) is 2.44. The lowest BCUT2D eigenvalue weighted by Crippen LogP contribution is -2.30. The van der Waals surface area contributed by atoms with E-state index in [1.54, 1.807) is 31.2 Å². The molecule has 0 aromatic heterocycles. The molecule has 0 fully saturated rings. The van der Waals surface area contributed by atoms with Crippen molar-refractivity contribution in [3.63, 3.8) is 0 Å². The molecule has 0 aliphatic heterocycles. The van der Waals surface area contributed by atoms with Gasteiger partial charge < -0.3 is 14.8 Å². The number of nitrogens with one attached hydrogen (secondary N) is 1. The number of hydrogen-bond acceptors (Lipinski definition) is 5. The Morgan fingerprint density at radius 1 is 0.862 bits per heavy atom. The normalized spacial score (nSPS) is 12.1. The van der Waals surface area contributed by atoms with Crippen LogP contribution in [-0.2, 0) is 14.8 Å². The topological polar surface area (TPSA) is 108 Å². The molecule has 1 amide bonds. The summed E-state index contributed by atoms with van der Waals surface area (Å²) in [5.41, 5.74) is 0.435. The van der Waals surface area contributed by atoms with Gasteiger partial charge in [-0.15, -0.1) is 0 Å². The minimum atomic E-state index is -3.78. The molecule has 0 bridgehead atoms. The maximum atomic E-state index is 12.3. The average Bonchev–Trinajstić information content (AvgIpc) is 2.70. The first kappa shape index (κ1) is 20.4. The van der Waals surface area contributed by atoms with Gasteiger partial charge in [0, 0.05) is 5.69 Å². The second kappa shape index (κ2) is 8.76. The average molecular weight is 412 g/mol. The summed E-state index contributed by atoms with van der Waals surface area (Å²) in [4.78, 5) is 12.3. The quantitative estimate of drug-likeness (QED) is 0.617. The Hall–Kier alpha value is -3.36. The van der Waals surface area contributed by atoms with Gasteiger partial charge in [0.25, 0.3) is 5.91 Å². The summed E-state index contributed by atoms with van der Waals surface area (Å²) in [6, 6.07) is 21.9. The largest absolute Gasteiger partial charge is 0.481 e. The highest BCUT2D eigenvalue weighted by atomic mass is 32.2. The Bertz CT molecular complexity index is 1070. The molecule has 0 aliphatic carbocycles. The Balaban J connectivity index is 1.56. The zero-order valence-electron chi connectivity index (χ0n) is 15.6. The molecule has 3 aromatic rings. The summed E-state index contributed by atoms with van der Waals surface area (Å²) in [6.45, 7) is 1.61. The van der Waals surface area contributed by atoms with Gasteiger partial charge in [-0.05, 0) is 67.6 Å². The molecule has 150 valence electrons. The first-order valence-electron chi connectivity index (χ1n) is 8.74. The highest BCUT2D eigenvalue weighted by Gasteiger charge is 2.15. The van der Waals surface area contributed by atoms with E-state index in [0.717, 1.165) is 5.75 Å². The standard InChI is InChI=1S/C21H20N2O5S/c1-15(21(24)23-16-7-13-20(14-8-16)29(22,25)26)27-18-9-11-19(12-10-18)28-17-5-3-2-4-6-17/h2-15H,1H3,(H,23,24)(H2,22,25,26). The zero-order chi connectivity index (χ0) is 20.9. The fourth-order valence-corrected chi connectivity index (χ4v) is 2.96. The number of amides is 1. The summed E-state index contributed by atoms with van der Waals surface area (Å²) in [7, 11) is -3.78. The number of benzene rings is 3. The van der Waals surface area contributed by atoms with Crippen LogP contribution in [-0.4, -0.2) is 20.4 Å². The van der Waals surface area contributed by atoms with E-state index in [1.807, 2.05) is 30.3 Å². The first-order valence-corrected chi connectivity index (χ1v) is 10.3. The monoisotopic (exact) mass is 412 g/mol. The smallest absolute Gasteiger partial charge is 0.265 e. The zero-order valence-corrected chi connectivity index (χ0v) is 16.4. The van der Waals surface area contributed by atoms with Gasteiger partial charge in [0.1, 0.15) is 17.2 Å². The van der Waals surface area contributed by atoms with Crippen molar-refractivity contribution in [1.29, 1.82) is 0 Å². The van der Waals surface area contributed by atoms with Crippen molar-refractivity contribution in [3.05, 3.63) is 78.9 Å². The molecule has 29 heavy (non-hydrogen) atoms. The van der Waals surface area contributed by atoms with Crippen molar-refractivity contribution in [2.75, 3.05) is 5.32 Å². The second-order valence-electron chi connectivity index (χ2n) is 6.21. The lowest BCUT2D eigenvalue weighted by molar-refractivity contribution is -0.122. The van der Waals surface area contributed by atoms with E-state index in [-0.39, 0.29) is 10.8 Å². The first-order chi connectivity index (χ1) is 13.8. The summed E-state index contributed by atoms with van der Waals surface area (Å²) >= 11 is 0. The van der Waals surface area contributed by atoms with Crippen LogP contribution in [0.25, 0.3) is 0 Å². The van der Waals surface area contributed by atoms with Crippen molar-refractivity contribution in [2.24, 2.45) is 5.14 Å². The van der Waals surface area contributed by atoms with Gasteiger partial charge in [-0.1, -0.05) is 18.2 Å². The summed E-state index contributed by atoms with van der Waals surface area (Å²) in [5, 5.41) is 7.71. The van der Waals surface area contributed by atoms with Crippen molar-refractivity contribution in [2.45, 2.75) is 17.9 Å². The van der Waals surface area contributed by atoms with Crippen LogP contribution in [0.3, 0.4) is 0 Å².